The molecule has 25 heavy (non-hydrogen) atoms. The van der Waals surface area contributed by atoms with E-state index in [9.17, 15) is 9.18 Å². The van der Waals surface area contributed by atoms with Crippen molar-refractivity contribution in [1.82, 2.24) is 15.4 Å². The van der Waals surface area contributed by atoms with Crippen LogP contribution in [0.2, 0.25) is 0 Å². The highest BCUT2D eigenvalue weighted by molar-refractivity contribution is 5.96. The molecule has 1 aromatic carbocycles. The fourth-order valence-electron chi connectivity index (χ4n) is 3.12. The molecule has 1 atom stereocenters. The molecule has 1 aliphatic heterocycles. The normalized spacial score (nSPS) is 16.6. The molecule has 1 amide bonds. The van der Waals surface area contributed by atoms with Gasteiger partial charge in [0.15, 0.2) is 0 Å². The van der Waals surface area contributed by atoms with Crippen molar-refractivity contribution in [2.45, 2.75) is 19.9 Å². The lowest BCUT2D eigenvalue weighted by molar-refractivity contribution is 0.0162. The van der Waals surface area contributed by atoms with E-state index in [1.807, 2.05) is 0 Å². The Morgan fingerprint density at radius 3 is 2.56 bits per heavy atom. The van der Waals surface area contributed by atoms with Gasteiger partial charge in [0.2, 0.25) is 0 Å². The molecule has 0 bridgehead atoms. The van der Waals surface area contributed by atoms with Crippen LogP contribution < -0.4 is 5.32 Å². The minimum Gasteiger partial charge on any atom is -0.379 e. The fourth-order valence-corrected chi connectivity index (χ4v) is 3.12. The van der Waals surface area contributed by atoms with Gasteiger partial charge in [-0.3, -0.25) is 9.69 Å². The monoisotopic (exact) mass is 347 g/mol. The third-order valence-corrected chi connectivity index (χ3v) is 4.46. The summed E-state index contributed by atoms with van der Waals surface area (Å²) in [6.07, 6.45) is 0. The number of aromatic nitrogens is 1. The fraction of sp³-hybridized carbons (Fsp3) is 0.444. The zero-order chi connectivity index (χ0) is 17.8. The van der Waals surface area contributed by atoms with Crippen molar-refractivity contribution in [3.05, 3.63) is 52.7 Å². The molecule has 1 aliphatic rings. The van der Waals surface area contributed by atoms with Crippen LogP contribution in [0.25, 0.3) is 0 Å². The second kappa shape index (κ2) is 7.76. The zero-order valence-electron chi connectivity index (χ0n) is 14.4. The molecule has 6 nitrogen and oxygen atoms in total. The second-order valence-corrected chi connectivity index (χ2v) is 6.12. The lowest BCUT2D eigenvalue weighted by Gasteiger charge is -2.35. The quantitative estimate of drug-likeness (QED) is 0.898. The maximum atomic E-state index is 13.3. The van der Waals surface area contributed by atoms with Gasteiger partial charge in [0.1, 0.15) is 17.1 Å². The number of carbonyl (C=O) groups is 1. The maximum Gasteiger partial charge on any atom is 0.256 e. The Bertz CT molecular complexity index is 704. The molecule has 0 aliphatic carbocycles. The molecule has 0 saturated carbocycles. The Labute approximate surface area is 145 Å². The number of hydrogen-bond acceptors (Lipinski definition) is 5. The lowest BCUT2D eigenvalue weighted by Crippen LogP contribution is -2.43. The first-order valence-corrected chi connectivity index (χ1v) is 8.34. The Morgan fingerprint density at radius 1 is 1.28 bits per heavy atom. The summed E-state index contributed by atoms with van der Waals surface area (Å²) < 4.78 is 23.7. The van der Waals surface area contributed by atoms with Crippen molar-refractivity contribution in [3.8, 4) is 0 Å². The molecule has 0 radical (unpaired) electrons. The smallest absolute Gasteiger partial charge is 0.256 e. The number of carbonyl (C=O) groups excluding carboxylic acids is 1. The Balaban J connectivity index is 1.75. The predicted octanol–water partition coefficient (Wildman–Crippen LogP) is 2.23. The minimum atomic E-state index is -0.274. The summed E-state index contributed by atoms with van der Waals surface area (Å²) in [7, 11) is 0. The van der Waals surface area contributed by atoms with E-state index >= 15 is 0 Å². The average Bonchev–Trinajstić information content (AvgIpc) is 2.96. The number of nitrogens with zero attached hydrogens (tertiary/aromatic N) is 2. The van der Waals surface area contributed by atoms with Gasteiger partial charge in [-0.15, -0.1) is 0 Å². The third kappa shape index (κ3) is 4.05. The largest absolute Gasteiger partial charge is 0.379 e. The topological polar surface area (TPSA) is 67.6 Å². The molecule has 3 rings (SSSR count). The van der Waals surface area contributed by atoms with Gasteiger partial charge in [-0.25, -0.2) is 4.39 Å². The van der Waals surface area contributed by atoms with E-state index in [-0.39, 0.29) is 17.8 Å². The summed E-state index contributed by atoms with van der Waals surface area (Å²) in [5, 5.41) is 6.78. The van der Waals surface area contributed by atoms with Crippen molar-refractivity contribution in [3.63, 3.8) is 0 Å². The first kappa shape index (κ1) is 17.6. The van der Waals surface area contributed by atoms with Crippen LogP contribution in [0.4, 0.5) is 4.39 Å². The summed E-state index contributed by atoms with van der Waals surface area (Å²) in [4.78, 5) is 14.7. The molecule has 2 heterocycles. The SMILES string of the molecule is Cc1noc(C)c1C(=O)NCC(c1ccc(F)cc1)N1CCOCC1. The van der Waals surface area contributed by atoms with E-state index in [4.69, 9.17) is 9.26 Å². The van der Waals surface area contributed by atoms with Crippen molar-refractivity contribution in [2.24, 2.45) is 0 Å². The summed E-state index contributed by atoms with van der Waals surface area (Å²) in [6, 6.07) is 6.36. The number of rotatable bonds is 5. The first-order chi connectivity index (χ1) is 12.1. The number of aryl methyl sites for hydroxylation is 2. The number of hydrogen-bond donors (Lipinski definition) is 1. The van der Waals surface area contributed by atoms with Crippen LogP contribution in [-0.2, 0) is 4.74 Å². The number of amides is 1. The summed E-state index contributed by atoms with van der Waals surface area (Å²) in [6.45, 7) is 6.70. The summed E-state index contributed by atoms with van der Waals surface area (Å²) >= 11 is 0. The summed E-state index contributed by atoms with van der Waals surface area (Å²) in [5.74, 6) is 0.0144. The Morgan fingerprint density at radius 2 is 1.96 bits per heavy atom. The van der Waals surface area contributed by atoms with E-state index in [0.29, 0.717) is 36.8 Å². The minimum absolute atomic E-state index is 0.0473. The summed E-state index contributed by atoms with van der Waals surface area (Å²) in [5.41, 5.74) is 2.00. The molecular weight excluding hydrogens is 325 g/mol. The molecule has 2 aromatic rings. The average molecular weight is 347 g/mol. The van der Waals surface area contributed by atoms with Gasteiger partial charge in [0.05, 0.1) is 24.9 Å². The number of morpholine rings is 1. The number of nitrogens with one attached hydrogen (secondary N) is 1. The van der Waals surface area contributed by atoms with E-state index in [1.165, 1.54) is 12.1 Å². The second-order valence-electron chi connectivity index (χ2n) is 6.12. The van der Waals surface area contributed by atoms with Gasteiger partial charge < -0.3 is 14.6 Å². The van der Waals surface area contributed by atoms with Crippen LogP contribution in [0.3, 0.4) is 0 Å². The van der Waals surface area contributed by atoms with Gasteiger partial charge in [-0.2, -0.15) is 0 Å². The standard InChI is InChI=1S/C18H22FN3O3/c1-12-17(13(2)25-21-12)18(23)20-11-16(22-7-9-24-10-8-22)14-3-5-15(19)6-4-14/h3-6,16H,7-11H2,1-2H3,(H,20,23). The van der Waals surface area contributed by atoms with Gasteiger partial charge in [-0.05, 0) is 31.5 Å². The molecule has 1 unspecified atom stereocenters. The number of ether oxygens (including phenoxy) is 1. The maximum absolute atomic E-state index is 13.3. The highest BCUT2D eigenvalue weighted by Gasteiger charge is 2.25. The Kier molecular flexibility index (Phi) is 5.45. The molecular formula is C18H22FN3O3. The molecule has 1 N–H and O–H groups in total. The van der Waals surface area contributed by atoms with Crippen LogP contribution in [-0.4, -0.2) is 48.8 Å². The van der Waals surface area contributed by atoms with Crippen molar-refractivity contribution < 1.29 is 18.4 Å². The first-order valence-electron chi connectivity index (χ1n) is 8.34. The highest BCUT2D eigenvalue weighted by Crippen LogP contribution is 2.22. The van der Waals surface area contributed by atoms with E-state index in [1.54, 1.807) is 26.0 Å². The predicted molar refractivity (Wildman–Crippen MR) is 89.8 cm³/mol. The van der Waals surface area contributed by atoms with Crippen molar-refractivity contribution in [2.75, 3.05) is 32.8 Å². The molecule has 1 aromatic heterocycles. The number of benzene rings is 1. The van der Waals surface area contributed by atoms with Gasteiger partial charge >= 0.3 is 0 Å². The van der Waals surface area contributed by atoms with Crippen molar-refractivity contribution in [1.29, 1.82) is 0 Å². The molecule has 1 fully saturated rings. The van der Waals surface area contributed by atoms with Crippen LogP contribution in [0.5, 0.6) is 0 Å². The van der Waals surface area contributed by atoms with E-state index in [0.717, 1.165) is 18.7 Å². The third-order valence-electron chi connectivity index (χ3n) is 4.46. The molecule has 134 valence electrons. The van der Waals surface area contributed by atoms with Gasteiger partial charge in [0, 0.05) is 19.6 Å². The lowest BCUT2D eigenvalue weighted by atomic mass is 10.0. The molecule has 1 saturated heterocycles. The number of halogens is 1. The highest BCUT2D eigenvalue weighted by atomic mass is 19.1. The Hall–Kier alpha value is -2.25. The van der Waals surface area contributed by atoms with E-state index < -0.39 is 0 Å². The van der Waals surface area contributed by atoms with Crippen LogP contribution in [0.15, 0.2) is 28.8 Å². The van der Waals surface area contributed by atoms with Crippen molar-refractivity contribution >= 4 is 5.91 Å². The van der Waals surface area contributed by atoms with E-state index in [2.05, 4.69) is 15.4 Å². The zero-order valence-corrected chi connectivity index (χ0v) is 14.4. The van der Waals surface area contributed by atoms with Crippen LogP contribution in [0.1, 0.15) is 33.4 Å². The van der Waals surface area contributed by atoms with Gasteiger partial charge in [0.25, 0.3) is 5.91 Å². The van der Waals surface area contributed by atoms with Gasteiger partial charge in [-0.1, -0.05) is 17.3 Å². The molecule has 7 heteroatoms. The van der Waals surface area contributed by atoms with Crippen LogP contribution >= 0.6 is 0 Å². The van der Waals surface area contributed by atoms with Crippen LogP contribution in [0, 0.1) is 19.7 Å². The molecule has 0 spiro atoms.